The zero-order valence-electron chi connectivity index (χ0n) is 6.48. The lowest BCUT2D eigenvalue weighted by Gasteiger charge is -1.98. The second kappa shape index (κ2) is 2.54. The smallest absolute Gasteiger partial charge is 0.323 e. The van der Waals surface area contributed by atoms with E-state index in [2.05, 4.69) is 20.1 Å². The molecule has 0 bridgehead atoms. The zero-order valence-corrected chi connectivity index (χ0v) is 6.48. The number of H-pyrrole nitrogens is 1. The van der Waals surface area contributed by atoms with Gasteiger partial charge in [-0.15, -0.1) is 5.10 Å². The molecule has 1 aliphatic rings. The molecular formula is C6H6N4O3. The van der Waals surface area contributed by atoms with Crippen molar-refractivity contribution in [2.24, 2.45) is 0 Å². The highest BCUT2D eigenvalue weighted by Crippen LogP contribution is 2.28. The van der Waals surface area contributed by atoms with Crippen molar-refractivity contribution in [1.29, 1.82) is 0 Å². The van der Waals surface area contributed by atoms with Gasteiger partial charge < -0.3 is 10.5 Å². The Kier molecular flexibility index (Phi) is 1.51. The molecule has 1 atom stereocenters. The van der Waals surface area contributed by atoms with Gasteiger partial charge in [-0.3, -0.25) is 9.59 Å². The molecule has 3 N–H and O–H groups in total. The summed E-state index contributed by atoms with van der Waals surface area (Å²) in [5.41, 5.74) is 5.70. The first-order valence-electron chi connectivity index (χ1n) is 3.59. The van der Waals surface area contributed by atoms with Crippen molar-refractivity contribution in [2.45, 2.75) is 12.3 Å². The minimum absolute atomic E-state index is 0.0183. The van der Waals surface area contributed by atoms with Crippen LogP contribution in [0.25, 0.3) is 0 Å². The Hall–Kier alpha value is -1.92. The summed E-state index contributed by atoms with van der Waals surface area (Å²) in [4.78, 5) is 21.8. The average Bonchev–Trinajstić information content (AvgIpc) is 2.58. The molecule has 68 valence electrons. The molecule has 0 saturated carbocycles. The van der Waals surface area contributed by atoms with Gasteiger partial charge in [0, 0.05) is 0 Å². The van der Waals surface area contributed by atoms with E-state index in [0.29, 0.717) is 0 Å². The van der Waals surface area contributed by atoms with Crippen LogP contribution in [0.5, 0.6) is 0 Å². The van der Waals surface area contributed by atoms with Gasteiger partial charge in [0.05, 0.1) is 6.42 Å². The predicted molar refractivity (Wildman–Crippen MR) is 39.3 cm³/mol. The van der Waals surface area contributed by atoms with Gasteiger partial charge in [0.1, 0.15) is 17.4 Å². The molecular weight excluding hydrogens is 176 g/mol. The lowest BCUT2D eigenvalue weighted by molar-refractivity contribution is -0.152. The Labute approximate surface area is 72.2 Å². The summed E-state index contributed by atoms with van der Waals surface area (Å²) in [6, 6.07) is 0. The number of anilines is 1. The van der Waals surface area contributed by atoms with Gasteiger partial charge in [0.25, 0.3) is 0 Å². The summed E-state index contributed by atoms with van der Waals surface area (Å²) in [5, 5.41) is 9.38. The number of aromatic nitrogens is 3. The van der Waals surface area contributed by atoms with E-state index in [-0.39, 0.29) is 17.9 Å². The summed E-state index contributed by atoms with van der Waals surface area (Å²) in [6.07, 6.45) is -0.0183. The van der Waals surface area contributed by atoms with Crippen LogP contribution in [0.15, 0.2) is 0 Å². The third kappa shape index (κ3) is 1.13. The van der Waals surface area contributed by atoms with E-state index in [1.807, 2.05) is 0 Å². The van der Waals surface area contributed by atoms with E-state index in [1.165, 1.54) is 0 Å². The van der Waals surface area contributed by atoms with Gasteiger partial charge in [-0.1, -0.05) is 5.21 Å². The summed E-state index contributed by atoms with van der Waals surface area (Å²) < 4.78 is 4.34. The number of nitrogen functional groups attached to an aromatic ring is 1. The number of cyclic esters (lactones) is 2. The number of ether oxygens (including phenoxy) is 1. The normalized spacial score (nSPS) is 22.0. The maximum absolute atomic E-state index is 11.1. The molecule has 2 heterocycles. The molecule has 0 radical (unpaired) electrons. The first-order chi connectivity index (χ1) is 6.18. The predicted octanol–water partition coefficient (Wildman–Crippen LogP) is -1.06. The maximum Gasteiger partial charge on any atom is 0.323 e. The molecule has 0 spiro atoms. The topological polar surface area (TPSA) is 111 Å². The quantitative estimate of drug-likeness (QED) is 0.423. The average molecular weight is 182 g/mol. The number of hydrogen-bond donors (Lipinski definition) is 2. The van der Waals surface area contributed by atoms with Crippen LogP contribution in [0.3, 0.4) is 0 Å². The van der Waals surface area contributed by atoms with Crippen molar-refractivity contribution >= 4 is 17.8 Å². The van der Waals surface area contributed by atoms with Crippen molar-refractivity contribution in [2.75, 3.05) is 5.73 Å². The Balaban J connectivity index is 2.32. The molecule has 1 unspecified atom stereocenters. The fraction of sp³-hybridized carbons (Fsp3) is 0.333. The standard InChI is InChI=1S/C6H6N4O3/c7-5-4(8-10-9-5)2-1-3(11)13-6(2)12/h2H,1H2,(H3,7,8,9,10). The highest BCUT2D eigenvalue weighted by molar-refractivity contribution is 5.98. The van der Waals surface area contributed by atoms with Crippen LogP contribution in [0.1, 0.15) is 18.0 Å². The molecule has 0 aromatic carbocycles. The number of carbonyl (C=O) groups excluding carboxylic acids is 2. The van der Waals surface area contributed by atoms with Crippen molar-refractivity contribution in [3.63, 3.8) is 0 Å². The van der Waals surface area contributed by atoms with Crippen molar-refractivity contribution in [3.8, 4) is 0 Å². The highest BCUT2D eigenvalue weighted by Gasteiger charge is 2.37. The third-order valence-corrected chi connectivity index (χ3v) is 1.80. The van der Waals surface area contributed by atoms with Gasteiger partial charge in [-0.2, -0.15) is 0 Å². The van der Waals surface area contributed by atoms with E-state index in [1.54, 1.807) is 0 Å². The van der Waals surface area contributed by atoms with Crippen LogP contribution >= 0.6 is 0 Å². The van der Waals surface area contributed by atoms with Gasteiger partial charge >= 0.3 is 11.9 Å². The molecule has 1 aromatic rings. The summed E-state index contributed by atoms with van der Waals surface area (Å²) in [6.45, 7) is 0. The SMILES string of the molecule is Nc1[nH]nnc1C1CC(=O)OC1=O. The number of rotatable bonds is 1. The van der Waals surface area contributed by atoms with Gasteiger partial charge in [0.2, 0.25) is 0 Å². The summed E-state index contributed by atoms with van der Waals surface area (Å²) in [5.74, 6) is -1.69. The van der Waals surface area contributed by atoms with E-state index >= 15 is 0 Å². The van der Waals surface area contributed by atoms with Crippen LogP contribution in [-0.2, 0) is 14.3 Å². The number of nitrogens with two attached hydrogens (primary N) is 1. The Morgan fingerprint density at radius 1 is 1.54 bits per heavy atom. The zero-order chi connectivity index (χ0) is 9.42. The number of nitrogens with one attached hydrogen (secondary N) is 1. The number of esters is 2. The van der Waals surface area contributed by atoms with Crippen molar-refractivity contribution < 1.29 is 14.3 Å². The largest absolute Gasteiger partial charge is 0.393 e. The lowest BCUT2D eigenvalue weighted by Crippen LogP contribution is -2.08. The Morgan fingerprint density at radius 3 is 2.77 bits per heavy atom. The molecule has 1 aromatic heterocycles. The molecule has 0 aliphatic carbocycles. The maximum atomic E-state index is 11.1. The van der Waals surface area contributed by atoms with E-state index in [4.69, 9.17) is 5.73 Å². The molecule has 0 amide bonds. The Morgan fingerprint density at radius 2 is 2.31 bits per heavy atom. The van der Waals surface area contributed by atoms with E-state index < -0.39 is 17.9 Å². The summed E-state index contributed by atoms with van der Waals surface area (Å²) in [7, 11) is 0. The van der Waals surface area contributed by atoms with Crippen LogP contribution in [0, 0.1) is 0 Å². The van der Waals surface area contributed by atoms with Crippen LogP contribution < -0.4 is 5.73 Å². The third-order valence-electron chi connectivity index (χ3n) is 1.80. The number of carbonyl (C=O) groups is 2. The monoisotopic (exact) mass is 182 g/mol. The molecule has 13 heavy (non-hydrogen) atoms. The van der Waals surface area contributed by atoms with Crippen LogP contribution in [-0.4, -0.2) is 27.3 Å². The van der Waals surface area contributed by atoms with Gasteiger partial charge in [-0.05, 0) is 0 Å². The molecule has 7 nitrogen and oxygen atoms in total. The van der Waals surface area contributed by atoms with Crippen LogP contribution in [0.4, 0.5) is 5.82 Å². The Bertz CT molecular complexity index is 372. The number of hydrogen-bond acceptors (Lipinski definition) is 6. The summed E-state index contributed by atoms with van der Waals surface area (Å²) >= 11 is 0. The minimum atomic E-state index is -0.703. The van der Waals surface area contributed by atoms with E-state index in [0.717, 1.165) is 0 Å². The van der Waals surface area contributed by atoms with Crippen molar-refractivity contribution in [1.82, 2.24) is 15.4 Å². The fourth-order valence-corrected chi connectivity index (χ4v) is 1.18. The number of aromatic amines is 1. The fourth-order valence-electron chi connectivity index (χ4n) is 1.18. The molecule has 1 aliphatic heterocycles. The molecule has 1 fully saturated rings. The second-order valence-corrected chi connectivity index (χ2v) is 2.66. The van der Waals surface area contributed by atoms with Gasteiger partial charge in [0.15, 0.2) is 0 Å². The minimum Gasteiger partial charge on any atom is -0.393 e. The molecule has 1 saturated heterocycles. The lowest BCUT2D eigenvalue weighted by atomic mass is 10.0. The van der Waals surface area contributed by atoms with Crippen LogP contribution in [0.2, 0.25) is 0 Å². The highest BCUT2D eigenvalue weighted by atomic mass is 16.6. The first-order valence-corrected chi connectivity index (χ1v) is 3.59. The van der Waals surface area contributed by atoms with Gasteiger partial charge in [-0.25, -0.2) is 5.10 Å². The molecule has 7 heteroatoms. The number of nitrogens with zero attached hydrogens (tertiary/aromatic N) is 2. The molecule has 2 rings (SSSR count). The first kappa shape index (κ1) is 7.71. The van der Waals surface area contributed by atoms with E-state index in [9.17, 15) is 9.59 Å². The van der Waals surface area contributed by atoms with Crippen molar-refractivity contribution in [3.05, 3.63) is 5.69 Å². The second-order valence-electron chi connectivity index (χ2n) is 2.66.